The summed E-state index contributed by atoms with van der Waals surface area (Å²) in [7, 11) is 0. The van der Waals surface area contributed by atoms with Crippen LogP contribution in [0.4, 0.5) is 11.4 Å². The number of aromatic nitrogens is 3. The molecule has 0 aliphatic rings. The van der Waals surface area contributed by atoms with Crippen LogP contribution in [0.1, 0.15) is 31.2 Å². The number of nitro groups is 1. The van der Waals surface area contributed by atoms with Crippen molar-refractivity contribution in [1.82, 2.24) is 14.9 Å². The van der Waals surface area contributed by atoms with Crippen molar-refractivity contribution in [1.29, 1.82) is 0 Å². The molecule has 12 heteroatoms. The first-order valence-electron chi connectivity index (χ1n) is 9.53. The molecule has 3 N–H and O–H groups in total. The van der Waals surface area contributed by atoms with Crippen molar-refractivity contribution in [2.75, 3.05) is 16.9 Å². The molecule has 0 aliphatic heterocycles. The van der Waals surface area contributed by atoms with Crippen LogP contribution in [0, 0.1) is 10.1 Å². The molecule has 0 aliphatic carbocycles. The number of ether oxygens (including phenoxy) is 1. The van der Waals surface area contributed by atoms with E-state index in [1.54, 1.807) is 0 Å². The third-order valence-electron chi connectivity index (χ3n) is 4.41. The molecule has 0 radical (unpaired) electrons. The molecule has 1 amide bonds. The van der Waals surface area contributed by atoms with Crippen LogP contribution in [0.15, 0.2) is 47.6 Å². The molecule has 168 valence electrons. The van der Waals surface area contributed by atoms with Crippen molar-refractivity contribution in [3.05, 3.63) is 69.0 Å². The number of nitrogens with zero attached hydrogens (tertiary/aromatic N) is 4. The average Bonchev–Trinajstić information content (AvgIpc) is 3.11. The monoisotopic (exact) mass is 476 g/mol. The number of nitrogens with two attached hydrogens (primary N) is 1. The number of nitrogens with one attached hydrogen (secondary N) is 1. The lowest BCUT2D eigenvalue weighted by molar-refractivity contribution is -0.384. The molecule has 1 heterocycles. The lowest BCUT2D eigenvalue weighted by atomic mass is 10.0. The number of rotatable bonds is 9. The summed E-state index contributed by atoms with van der Waals surface area (Å²) in [5.74, 6) is 7.11. The highest BCUT2D eigenvalue weighted by atomic mass is 35.5. The Kier molecular flexibility index (Phi) is 7.54. The summed E-state index contributed by atoms with van der Waals surface area (Å²) in [6, 6.07) is 11.8. The van der Waals surface area contributed by atoms with Crippen LogP contribution < -0.4 is 15.9 Å². The van der Waals surface area contributed by atoms with E-state index in [0.717, 1.165) is 11.8 Å². The number of amides is 1. The van der Waals surface area contributed by atoms with Crippen molar-refractivity contribution in [2.24, 2.45) is 0 Å². The van der Waals surface area contributed by atoms with Gasteiger partial charge in [0.05, 0.1) is 10.7 Å². The summed E-state index contributed by atoms with van der Waals surface area (Å²) in [6.07, 6.45) is 0. The van der Waals surface area contributed by atoms with Gasteiger partial charge in [-0.1, -0.05) is 49.3 Å². The van der Waals surface area contributed by atoms with E-state index in [-0.39, 0.29) is 28.8 Å². The molecule has 1 aromatic heterocycles. The number of hydrogen-bond donors (Lipinski definition) is 2. The largest absolute Gasteiger partial charge is 0.486 e. The maximum atomic E-state index is 12.2. The van der Waals surface area contributed by atoms with Gasteiger partial charge in [0.1, 0.15) is 17.4 Å². The number of nitro benzene ring substituents is 1. The van der Waals surface area contributed by atoms with Gasteiger partial charge < -0.3 is 15.9 Å². The van der Waals surface area contributed by atoms with E-state index < -0.39 is 10.8 Å². The first-order valence-corrected chi connectivity index (χ1v) is 10.9. The smallest absolute Gasteiger partial charge is 0.289 e. The Morgan fingerprint density at radius 3 is 2.66 bits per heavy atom. The molecule has 3 aromatic rings. The van der Waals surface area contributed by atoms with Gasteiger partial charge >= 0.3 is 0 Å². The molecule has 32 heavy (non-hydrogen) atoms. The maximum absolute atomic E-state index is 12.2. The fourth-order valence-corrected chi connectivity index (χ4v) is 3.52. The predicted octanol–water partition coefficient (Wildman–Crippen LogP) is 3.99. The van der Waals surface area contributed by atoms with E-state index in [9.17, 15) is 14.9 Å². The van der Waals surface area contributed by atoms with E-state index in [1.807, 2.05) is 24.3 Å². The maximum Gasteiger partial charge on any atom is 0.289 e. The first kappa shape index (κ1) is 23.4. The molecule has 0 fully saturated rings. The molecule has 10 nitrogen and oxygen atoms in total. The van der Waals surface area contributed by atoms with E-state index in [2.05, 4.69) is 29.4 Å². The molecule has 2 aromatic carbocycles. The van der Waals surface area contributed by atoms with Crippen LogP contribution in [-0.2, 0) is 11.4 Å². The number of carbonyl (C=O) groups excluding carboxylic acids is 1. The van der Waals surface area contributed by atoms with Crippen molar-refractivity contribution in [2.45, 2.75) is 31.5 Å². The van der Waals surface area contributed by atoms with Gasteiger partial charge in [0.2, 0.25) is 11.1 Å². The second-order valence-corrected chi connectivity index (χ2v) is 8.39. The standard InChI is InChI=1S/C20H21ClN6O4S/c1-12(2)13-3-6-15(7-4-13)31-10-18-24-25-20(26(18)22)32-11-19(28)23-14-5-8-16(21)17(9-14)27(29)30/h3-9,12H,10-11,22H2,1-2H3,(H,23,28). The normalized spacial score (nSPS) is 10.9. The minimum absolute atomic E-state index is 0.00998. The minimum atomic E-state index is -0.619. The zero-order chi connectivity index (χ0) is 23.3. The molecule has 0 atom stereocenters. The van der Waals surface area contributed by atoms with Gasteiger partial charge in [0.15, 0.2) is 5.82 Å². The molecular formula is C20H21ClN6O4S. The van der Waals surface area contributed by atoms with Gasteiger partial charge in [-0.25, -0.2) is 4.68 Å². The Labute approximate surface area is 193 Å². The highest BCUT2D eigenvalue weighted by molar-refractivity contribution is 7.99. The lowest BCUT2D eigenvalue weighted by Crippen LogP contribution is -2.18. The second kappa shape index (κ2) is 10.3. The van der Waals surface area contributed by atoms with E-state index in [4.69, 9.17) is 22.2 Å². The zero-order valence-corrected chi connectivity index (χ0v) is 18.9. The number of carbonyl (C=O) groups is 1. The van der Waals surface area contributed by atoms with Gasteiger partial charge in [-0.15, -0.1) is 10.2 Å². The molecule has 0 spiro atoms. The molecule has 0 saturated heterocycles. The Morgan fingerprint density at radius 1 is 1.28 bits per heavy atom. The minimum Gasteiger partial charge on any atom is -0.486 e. The highest BCUT2D eigenvalue weighted by Gasteiger charge is 2.16. The van der Waals surface area contributed by atoms with Crippen LogP contribution in [0.2, 0.25) is 5.02 Å². The fraction of sp³-hybridized carbons (Fsp3) is 0.250. The van der Waals surface area contributed by atoms with E-state index in [0.29, 0.717) is 22.6 Å². The number of nitrogen functional groups attached to an aromatic ring is 1. The van der Waals surface area contributed by atoms with Gasteiger partial charge in [-0.2, -0.15) is 0 Å². The van der Waals surface area contributed by atoms with Crippen LogP contribution in [0.3, 0.4) is 0 Å². The van der Waals surface area contributed by atoms with Gasteiger partial charge in [-0.05, 0) is 35.7 Å². The number of halogens is 1. The first-order chi connectivity index (χ1) is 15.2. The van der Waals surface area contributed by atoms with Gasteiger partial charge in [-0.3, -0.25) is 14.9 Å². The van der Waals surface area contributed by atoms with E-state index in [1.165, 1.54) is 28.4 Å². The molecular weight excluding hydrogens is 456 g/mol. The van der Waals surface area contributed by atoms with Crippen molar-refractivity contribution in [3.8, 4) is 5.75 Å². The Bertz CT molecular complexity index is 1120. The molecule has 0 bridgehead atoms. The summed E-state index contributed by atoms with van der Waals surface area (Å²) in [4.78, 5) is 22.5. The summed E-state index contributed by atoms with van der Waals surface area (Å²) in [5, 5.41) is 21.8. The summed E-state index contributed by atoms with van der Waals surface area (Å²) < 4.78 is 6.97. The molecule has 0 saturated carbocycles. The highest BCUT2D eigenvalue weighted by Crippen LogP contribution is 2.27. The Morgan fingerprint density at radius 2 is 2.00 bits per heavy atom. The average molecular weight is 477 g/mol. The van der Waals surface area contributed by atoms with Crippen LogP contribution in [0.5, 0.6) is 5.75 Å². The number of anilines is 1. The zero-order valence-electron chi connectivity index (χ0n) is 17.3. The fourth-order valence-electron chi connectivity index (χ4n) is 2.66. The predicted molar refractivity (Wildman–Crippen MR) is 122 cm³/mol. The van der Waals surface area contributed by atoms with Crippen LogP contribution in [-0.4, -0.2) is 31.5 Å². The van der Waals surface area contributed by atoms with Crippen molar-refractivity contribution >= 4 is 40.6 Å². The quantitative estimate of drug-likeness (QED) is 0.204. The number of benzene rings is 2. The lowest BCUT2D eigenvalue weighted by Gasteiger charge is -2.09. The number of thioether (sulfide) groups is 1. The topological polar surface area (TPSA) is 138 Å². The van der Waals surface area contributed by atoms with Crippen LogP contribution in [0.25, 0.3) is 0 Å². The summed E-state index contributed by atoms with van der Waals surface area (Å²) >= 11 is 6.84. The third kappa shape index (κ3) is 5.89. The van der Waals surface area contributed by atoms with E-state index >= 15 is 0 Å². The second-order valence-electron chi connectivity index (χ2n) is 7.04. The molecule has 3 rings (SSSR count). The Hall–Kier alpha value is -3.31. The third-order valence-corrected chi connectivity index (χ3v) is 5.67. The Balaban J connectivity index is 1.53. The SMILES string of the molecule is CC(C)c1ccc(OCc2nnc(SCC(=O)Nc3ccc(Cl)c([N+](=O)[O-])c3)n2N)cc1. The van der Waals surface area contributed by atoms with Gasteiger partial charge in [0.25, 0.3) is 5.69 Å². The van der Waals surface area contributed by atoms with Crippen molar-refractivity contribution < 1.29 is 14.5 Å². The summed E-state index contributed by atoms with van der Waals surface area (Å²) in [6.45, 7) is 4.35. The van der Waals surface area contributed by atoms with Crippen LogP contribution >= 0.6 is 23.4 Å². The molecule has 0 unspecified atom stereocenters. The summed E-state index contributed by atoms with van der Waals surface area (Å²) in [5.41, 5.74) is 1.19. The van der Waals surface area contributed by atoms with Gasteiger partial charge in [0, 0.05) is 11.8 Å². The number of hydrogen-bond acceptors (Lipinski definition) is 8. The van der Waals surface area contributed by atoms with Crippen molar-refractivity contribution in [3.63, 3.8) is 0 Å².